The molecule has 2 aromatic carbocycles. The second kappa shape index (κ2) is 7.97. The van der Waals surface area contributed by atoms with Gasteiger partial charge in [0.1, 0.15) is 17.1 Å². The van der Waals surface area contributed by atoms with Crippen LogP contribution in [-0.4, -0.2) is 21.8 Å². The zero-order valence-electron chi connectivity index (χ0n) is 15.8. The van der Waals surface area contributed by atoms with E-state index in [9.17, 15) is 15.0 Å². The second-order valence-electron chi connectivity index (χ2n) is 7.63. The molecule has 142 valence electrons. The van der Waals surface area contributed by atoms with Crippen molar-refractivity contribution in [1.29, 1.82) is 0 Å². The highest BCUT2D eigenvalue weighted by molar-refractivity contribution is 5.81. The maximum Gasteiger partial charge on any atom is 0.317 e. The van der Waals surface area contributed by atoms with Crippen LogP contribution in [0.3, 0.4) is 0 Å². The number of aromatic hydroxyl groups is 1. The number of benzene rings is 2. The lowest BCUT2D eigenvalue weighted by Gasteiger charge is -2.28. The molecule has 4 heteroatoms. The Kier molecular flexibility index (Phi) is 5.66. The van der Waals surface area contributed by atoms with Gasteiger partial charge in [0, 0.05) is 6.42 Å². The van der Waals surface area contributed by atoms with E-state index in [2.05, 4.69) is 13.8 Å². The number of hydrogen-bond acceptors (Lipinski definition) is 4. The largest absolute Gasteiger partial charge is 0.508 e. The monoisotopic (exact) mass is 366 g/mol. The van der Waals surface area contributed by atoms with E-state index in [0.29, 0.717) is 18.1 Å². The van der Waals surface area contributed by atoms with Crippen molar-refractivity contribution in [3.63, 3.8) is 0 Å². The lowest BCUT2D eigenvalue weighted by Crippen LogP contribution is -2.39. The number of cyclic esters (lactones) is 1. The van der Waals surface area contributed by atoms with E-state index in [1.165, 1.54) is 0 Å². The standard InChI is InChI=1S/C23H26O4/c1-16(2)8-13-20-22(25)27-21(14-17-6-4-3-5-7-17)23(20,26)15-18-9-11-19(24)12-10-18/h3-7,9-12,14,16,20,24,26H,8,13,15H2,1-2H3/b21-14-. The Balaban J connectivity index is 1.97. The SMILES string of the molecule is CC(C)CCC1C(=O)O/C(=C\c2ccccc2)C1(O)Cc1ccc(O)cc1. The Morgan fingerprint density at radius 2 is 1.78 bits per heavy atom. The van der Waals surface area contributed by atoms with E-state index in [-0.39, 0.29) is 18.1 Å². The summed E-state index contributed by atoms with van der Waals surface area (Å²) >= 11 is 0. The average Bonchev–Trinajstić information content (AvgIpc) is 2.86. The first-order valence-corrected chi connectivity index (χ1v) is 9.37. The molecule has 2 atom stereocenters. The molecule has 1 fully saturated rings. The molecule has 0 spiro atoms. The van der Waals surface area contributed by atoms with Crippen molar-refractivity contribution in [3.8, 4) is 5.75 Å². The molecule has 0 radical (unpaired) electrons. The first kappa shape index (κ1) is 19.2. The topological polar surface area (TPSA) is 66.8 Å². The summed E-state index contributed by atoms with van der Waals surface area (Å²) in [5.41, 5.74) is 0.301. The van der Waals surface area contributed by atoms with E-state index >= 15 is 0 Å². The third kappa shape index (κ3) is 4.40. The molecule has 0 amide bonds. The van der Waals surface area contributed by atoms with Gasteiger partial charge in [-0.05, 0) is 41.7 Å². The molecule has 1 heterocycles. The fourth-order valence-corrected chi connectivity index (χ4v) is 3.48. The summed E-state index contributed by atoms with van der Waals surface area (Å²) in [6.45, 7) is 4.19. The van der Waals surface area contributed by atoms with Crippen molar-refractivity contribution < 1.29 is 19.7 Å². The zero-order valence-corrected chi connectivity index (χ0v) is 15.8. The molecular formula is C23H26O4. The molecule has 1 saturated heterocycles. The minimum Gasteiger partial charge on any atom is -0.508 e. The maximum absolute atomic E-state index is 12.6. The molecule has 2 unspecified atom stereocenters. The van der Waals surface area contributed by atoms with E-state index in [1.807, 2.05) is 30.3 Å². The zero-order chi connectivity index (χ0) is 19.4. The van der Waals surface area contributed by atoms with Crippen molar-refractivity contribution in [1.82, 2.24) is 0 Å². The van der Waals surface area contributed by atoms with Crippen molar-refractivity contribution in [2.24, 2.45) is 11.8 Å². The Morgan fingerprint density at radius 3 is 2.41 bits per heavy atom. The molecule has 3 rings (SSSR count). The summed E-state index contributed by atoms with van der Waals surface area (Å²) in [5, 5.41) is 21.1. The smallest absolute Gasteiger partial charge is 0.317 e. The van der Waals surface area contributed by atoms with Crippen molar-refractivity contribution in [3.05, 3.63) is 71.5 Å². The van der Waals surface area contributed by atoms with Gasteiger partial charge >= 0.3 is 5.97 Å². The summed E-state index contributed by atoms with van der Waals surface area (Å²) < 4.78 is 5.54. The van der Waals surface area contributed by atoms with E-state index in [1.54, 1.807) is 30.3 Å². The number of rotatable bonds is 6. The molecule has 4 nitrogen and oxygen atoms in total. The highest BCUT2D eigenvalue weighted by Gasteiger charge is 2.52. The fourth-order valence-electron chi connectivity index (χ4n) is 3.48. The highest BCUT2D eigenvalue weighted by Crippen LogP contribution is 2.42. The number of phenols is 1. The minimum absolute atomic E-state index is 0.167. The molecule has 2 N–H and O–H groups in total. The number of carbonyl (C=O) groups is 1. The second-order valence-corrected chi connectivity index (χ2v) is 7.63. The summed E-state index contributed by atoms with van der Waals surface area (Å²) in [6, 6.07) is 16.2. The van der Waals surface area contributed by atoms with Crippen LogP contribution in [0.2, 0.25) is 0 Å². The Morgan fingerprint density at radius 1 is 1.11 bits per heavy atom. The lowest BCUT2D eigenvalue weighted by molar-refractivity contribution is -0.140. The van der Waals surface area contributed by atoms with Gasteiger partial charge in [-0.25, -0.2) is 0 Å². The van der Waals surface area contributed by atoms with Gasteiger partial charge in [-0.3, -0.25) is 4.79 Å². The van der Waals surface area contributed by atoms with Crippen LogP contribution in [0.15, 0.2) is 60.4 Å². The van der Waals surface area contributed by atoms with Crippen LogP contribution >= 0.6 is 0 Å². The van der Waals surface area contributed by atoms with Crippen LogP contribution in [0, 0.1) is 11.8 Å². The summed E-state index contributed by atoms with van der Waals surface area (Å²) in [6.07, 6.45) is 3.39. The molecule has 0 saturated carbocycles. The van der Waals surface area contributed by atoms with Gasteiger partial charge in [0.15, 0.2) is 0 Å². The average molecular weight is 366 g/mol. The van der Waals surface area contributed by atoms with Crippen LogP contribution in [0.1, 0.15) is 37.8 Å². The van der Waals surface area contributed by atoms with Gasteiger partial charge in [0.25, 0.3) is 0 Å². The number of phenolic OH excluding ortho intramolecular Hbond substituents is 1. The van der Waals surface area contributed by atoms with Gasteiger partial charge < -0.3 is 14.9 Å². The number of ether oxygens (including phenoxy) is 1. The molecular weight excluding hydrogens is 340 g/mol. The van der Waals surface area contributed by atoms with Gasteiger partial charge in [0.2, 0.25) is 0 Å². The molecule has 0 aliphatic carbocycles. The first-order valence-electron chi connectivity index (χ1n) is 9.37. The number of carbonyl (C=O) groups excluding carboxylic acids is 1. The van der Waals surface area contributed by atoms with Crippen molar-refractivity contribution >= 4 is 12.0 Å². The Hall–Kier alpha value is -2.59. The van der Waals surface area contributed by atoms with Crippen LogP contribution < -0.4 is 0 Å². The summed E-state index contributed by atoms with van der Waals surface area (Å²) in [5.74, 6) is -0.0953. The first-order chi connectivity index (χ1) is 12.9. The van der Waals surface area contributed by atoms with Crippen LogP contribution in [0.4, 0.5) is 0 Å². The van der Waals surface area contributed by atoms with Gasteiger partial charge in [0.05, 0.1) is 5.92 Å². The van der Waals surface area contributed by atoms with Crippen molar-refractivity contribution in [2.75, 3.05) is 0 Å². The Bertz CT molecular complexity index is 808. The molecule has 1 aliphatic rings. The van der Waals surface area contributed by atoms with Crippen LogP contribution in [0.25, 0.3) is 6.08 Å². The van der Waals surface area contributed by atoms with Gasteiger partial charge in [-0.2, -0.15) is 0 Å². The van der Waals surface area contributed by atoms with Crippen molar-refractivity contribution in [2.45, 2.75) is 38.7 Å². The third-order valence-corrected chi connectivity index (χ3v) is 5.04. The predicted octanol–water partition coefficient (Wildman–Crippen LogP) is 4.32. The van der Waals surface area contributed by atoms with Crippen LogP contribution in [0.5, 0.6) is 5.75 Å². The molecule has 2 aromatic rings. The van der Waals surface area contributed by atoms with Crippen LogP contribution in [-0.2, 0) is 16.0 Å². The maximum atomic E-state index is 12.6. The van der Waals surface area contributed by atoms with E-state index in [0.717, 1.165) is 17.5 Å². The molecule has 0 aromatic heterocycles. The lowest BCUT2D eigenvalue weighted by atomic mass is 9.79. The van der Waals surface area contributed by atoms with Gasteiger partial charge in [-0.15, -0.1) is 0 Å². The predicted molar refractivity (Wildman–Crippen MR) is 105 cm³/mol. The number of hydrogen-bond donors (Lipinski definition) is 2. The quantitative estimate of drug-likeness (QED) is 0.748. The third-order valence-electron chi connectivity index (χ3n) is 5.04. The fraction of sp³-hybridized carbons (Fsp3) is 0.348. The van der Waals surface area contributed by atoms with Gasteiger partial charge in [-0.1, -0.05) is 62.7 Å². The normalized spacial score (nSPS) is 23.8. The number of aliphatic hydroxyl groups is 1. The molecule has 27 heavy (non-hydrogen) atoms. The molecule has 1 aliphatic heterocycles. The van der Waals surface area contributed by atoms with E-state index in [4.69, 9.17) is 4.74 Å². The minimum atomic E-state index is -1.40. The number of esters is 1. The highest BCUT2D eigenvalue weighted by atomic mass is 16.6. The molecule has 0 bridgehead atoms. The summed E-state index contributed by atoms with van der Waals surface area (Å²) in [7, 11) is 0. The summed E-state index contributed by atoms with van der Waals surface area (Å²) in [4.78, 5) is 12.6. The Labute approximate surface area is 160 Å². The van der Waals surface area contributed by atoms with E-state index < -0.39 is 11.5 Å².